The zero-order chi connectivity index (χ0) is 20.9. The fourth-order valence-corrected chi connectivity index (χ4v) is 3.28. The van der Waals surface area contributed by atoms with Crippen LogP contribution in [0.25, 0.3) is 11.0 Å². The molecule has 1 amide bonds. The van der Waals surface area contributed by atoms with E-state index in [4.69, 9.17) is 9.47 Å². The standard InChI is InChI=1S/C24H23N3O3/c1-17-6-5-7-20(14-17)30-16-23-26-21-8-3-4-9-22(21)27(23)15-24(28)25-18-10-12-19(29-2)13-11-18/h3-14H,15-16H2,1-2H3,(H,25,28). The number of amides is 1. The maximum Gasteiger partial charge on any atom is 0.244 e. The molecule has 152 valence electrons. The number of aromatic nitrogens is 2. The number of nitrogens with zero attached hydrogens (tertiary/aromatic N) is 2. The second-order valence-electron chi connectivity index (χ2n) is 6.98. The van der Waals surface area contributed by atoms with Crippen molar-refractivity contribution >= 4 is 22.6 Å². The van der Waals surface area contributed by atoms with E-state index in [0.29, 0.717) is 11.5 Å². The van der Waals surface area contributed by atoms with Gasteiger partial charge in [-0.1, -0.05) is 24.3 Å². The highest BCUT2D eigenvalue weighted by Crippen LogP contribution is 2.20. The van der Waals surface area contributed by atoms with E-state index < -0.39 is 0 Å². The van der Waals surface area contributed by atoms with Crippen molar-refractivity contribution in [2.75, 3.05) is 12.4 Å². The minimum atomic E-state index is -0.139. The van der Waals surface area contributed by atoms with Crippen LogP contribution in [0.5, 0.6) is 11.5 Å². The van der Waals surface area contributed by atoms with Crippen molar-refractivity contribution in [3.63, 3.8) is 0 Å². The van der Waals surface area contributed by atoms with Gasteiger partial charge in [-0.2, -0.15) is 0 Å². The van der Waals surface area contributed by atoms with E-state index in [9.17, 15) is 4.79 Å². The van der Waals surface area contributed by atoms with Crippen molar-refractivity contribution in [2.45, 2.75) is 20.1 Å². The number of aryl methyl sites for hydroxylation is 1. The first-order valence-electron chi connectivity index (χ1n) is 9.70. The average molecular weight is 401 g/mol. The van der Waals surface area contributed by atoms with Crippen molar-refractivity contribution in [1.29, 1.82) is 0 Å². The Morgan fingerprint density at radius 2 is 1.80 bits per heavy atom. The number of carbonyl (C=O) groups is 1. The smallest absolute Gasteiger partial charge is 0.244 e. The number of hydrogen-bond acceptors (Lipinski definition) is 4. The van der Waals surface area contributed by atoms with Gasteiger partial charge in [-0.25, -0.2) is 4.98 Å². The Morgan fingerprint density at radius 3 is 2.57 bits per heavy atom. The summed E-state index contributed by atoms with van der Waals surface area (Å²) in [6, 6.07) is 22.9. The summed E-state index contributed by atoms with van der Waals surface area (Å²) >= 11 is 0. The molecule has 0 atom stereocenters. The van der Waals surface area contributed by atoms with Crippen LogP contribution < -0.4 is 14.8 Å². The first kappa shape index (κ1) is 19.5. The Morgan fingerprint density at radius 1 is 1.00 bits per heavy atom. The summed E-state index contributed by atoms with van der Waals surface area (Å²) in [6.45, 7) is 2.43. The predicted molar refractivity (Wildman–Crippen MR) is 117 cm³/mol. The summed E-state index contributed by atoms with van der Waals surface area (Å²) in [5.41, 5.74) is 3.56. The molecule has 0 unspecified atom stereocenters. The summed E-state index contributed by atoms with van der Waals surface area (Å²) in [6.07, 6.45) is 0. The highest BCUT2D eigenvalue weighted by atomic mass is 16.5. The van der Waals surface area contributed by atoms with Crippen LogP contribution >= 0.6 is 0 Å². The molecule has 1 aromatic heterocycles. The third-order valence-electron chi connectivity index (χ3n) is 4.77. The lowest BCUT2D eigenvalue weighted by atomic mass is 10.2. The number of nitrogens with one attached hydrogen (secondary N) is 1. The van der Waals surface area contributed by atoms with Crippen LogP contribution in [0.15, 0.2) is 72.8 Å². The zero-order valence-electron chi connectivity index (χ0n) is 17.0. The van der Waals surface area contributed by atoms with Gasteiger partial charge in [0.2, 0.25) is 5.91 Å². The van der Waals surface area contributed by atoms with E-state index in [1.807, 2.05) is 84.3 Å². The second kappa shape index (κ2) is 8.69. The first-order chi connectivity index (χ1) is 14.6. The number of carbonyl (C=O) groups excluding carboxylic acids is 1. The molecule has 6 nitrogen and oxygen atoms in total. The molecule has 4 rings (SSSR count). The highest BCUT2D eigenvalue weighted by Gasteiger charge is 2.14. The second-order valence-corrected chi connectivity index (χ2v) is 6.98. The van der Waals surface area contributed by atoms with Crippen LogP contribution in [-0.4, -0.2) is 22.6 Å². The number of para-hydroxylation sites is 2. The molecule has 30 heavy (non-hydrogen) atoms. The van der Waals surface area contributed by atoms with E-state index in [1.165, 1.54) is 0 Å². The quantitative estimate of drug-likeness (QED) is 0.493. The summed E-state index contributed by atoms with van der Waals surface area (Å²) in [7, 11) is 1.61. The Labute approximate surface area is 175 Å². The van der Waals surface area contributed by atoms with Gasteiger partial charge in [0.1, 0.15) is 30.5 Å². The number of benzene rings is 3. The molecule has 1 heterocycles. The van der Waals surface area contributed by atoms with Crippen LogP contribution in [0.4, 0.5) is 5.69 Å². The molecule has 0 aliphatic carbocycles. The largest absolute Gasteiger partial charge is 0.497 e. The molecule has 3 aromatic carbocycles. The lowest BCUT2D eigenvalue weighted by Gasteiger charge is -2.11. The van der Waals surface area contributed by atoms with Gasteiger partial charge >= 0.3 is 0 Å². The van der Waals surface area contributed by atoms with E-state index in [0.717, 1.165) is 28.1 Å². The van der Waals surface area contributed by atoms with Crippen molar-refractivity contribution in [1.82, 2.24) is 9.55 Å². The van der Waals surface area contributed by atoms with Crippen molar-refractivity contribution in [3.8, 4) is 11.5 Å². The topological polar surface area (TPSA) is 65.4 Å². The van der Waals surface area contributed by atoms with Crippen molar-refractivity contribution in [3.05, 3.63) is 84.2 Å². The minimum Gasteiger partial charge on any atom is -0.497 e. The lowest BCUT2D eigenvalue weighted by molar-refractivity contribution is -0.116. The molecular formula is C24H23N3O3. The molecule has 0 radical (unpaired) electrons. The molecule has 0 aliphatic rings. The van der Waals surface area contributed by atoms with Crippen molar-refractivity contribution in [2.24, 2.45) is 0 Å². The number of ether oxygens (including phenoxy) is 2. The van der Waals surface area contributed by atoms with Crippen LogP contribution in [-0.2, 0) is 17.9 Å². The van der Waals surface area contributed by atoms with E-state index >= 15 is 0 Å². The maximum atomic E-state index is 12.7. The highest BCUT2D eigenvalue weighted by molar-refractivity contribution is 5.91. The Hall–Kier alpha value is -3.80. The van der Waals surface area contributed by atoms with Gasteiger partial charge in [0.15, 0.2) is 0 Å². The zero-order valence-corrected chi connectivity index (χ0v) is 17.0. The third kappa shape index (κ3) is 4.43. The van der Waals surface area contributed by atoms with Gasteiger partial charge in [-0.3, -0.25) is 4.79 Å². The number of rotatable bonds is 7. The fraction of sp³-hybridized carbons (Fsp3) is 0.167. The van der Waals surface area contributed by atoms with Gasteiger partial charge in [0, 0.05) is 5.69 Å². The van der Waals surface area contributed by atoms with Gasteiger partial charge in [-0.15, -0.1) is 0 Å². The van der Waals surface area contributed by atoms with Gasteiger partial charge < -0.3 is 19.4 Å². The number of anilines is 1. The number of fused-ring (bicyclic) bond motifs is 1. The molecule has 0 spiro atoms. The fourth-order valence-electron chi connectivity index (χ4n) is 3.28. The Balaban J connectivity index is 1.54. The Bertz CT molecular complexity index is 1170. The third-order valence-corrected chi connectivity index (χ3v) is 4.77. The maximum absolute atomic E-state index is 12.7. The van der Waals surface area contributed by atoms with E-state index in [-0.39, 0.29) is 19.1 Å². The normalized spacial score (nSPS) is 10.7. The summed E-state index contributed by atoms with van der Waals surface area (Å²) in [5, 5.41) is 2.92. The minimum absolute atomic E-state index is 0.138. The van der Waals surface area contributed by atoms with E-state index in [2.05, 4.69) is 10.3 Å². The number of methoxy groups -OCH3 is 1. The van der Waals surface area contributed by atoms with Gasteiger partial charge in [-0.05, 0) is 61.0 Å². The Kier molecular flexibility index (Phi) is 5.66. The molecule has 0 aliphatic heterocycles. The molecular weight excluding hydrogens is 378 g/mol. The molecule has 0 fully saturated rings. The molecule has 4 aromatic rings. The average Bonchev–Trinajstić information content (AvgIpc) is 3.10. The number of hydrogen-bond donors (Lipinski definition) is 1. The van der Waals surface area contributed by atoms with Crippen molar-refractivity contribution < 1.29 is 14.3 Å². The molecule has 0 bridgehead atoms. The van der Waals surface area contributed by atoms with Crippen LogP contribution in [0.1, 0.15) is 11.4 Å². The molecule has 1 N–H and O–H groups in total. The van der Waals surface area contributed by atoms with Gasteiger partial charge in [0.25, 0.3) is 0 Å². The molecule has 6 heteroatoms. The van der Waals surface area contributed by atoms with Crippen LogP contribution in [0, 0.1) is 6.92 Å². The summed E-state index contributed by atoms with van der Waals surface area (Å²) in [4.78, 5) is 17.4. The lowest BCUT2D eigenvalue weighted by Crippen LogP contribution is -2.20. The predicted octanol–water partition coefficient (Wildman–Crippen LogP) is 4.57. The number of imidazole rings is 1. The van der Waals surface area contributed by atoms with Crippen LogP contribution in [0.2, 0.25) is 0 Å². The van der Waals surface area contributed by atoms with Crippen LogP contribution in [0.3, 0.4) is 0 Å². The van der Waals surface area contributed by atoms with E-state index in [1.54, 1.807) is 7.11 Å². The summed E-state index contributed by atoms with van der Waals surface area (Å²) in [5.74, 6) is 2.07. The first-order valence-corrected chi connectivity index (χ1v) is 9.70. The monoisotopic (exact) mass is 401 g/mol. The molecule has 0 saturated heterocycles. The molecule has 0 saturated carbocycles. The summed E-state index contributed by atoms with van der Waals surface area (Å²) < 4.78 is 13.0. The van der Waals surface area contributed by atoms with Gasteiger partial charge in [0.05, 0.1) is 18.1 Å². The SMILES string of the molecule is COc1ccc(NC(=O)Cn2c(COc3cccc(C)c3)nc3ccccc32)cc1.